The third-order valence-corrected chi connectivity index (χ3v) is 4.44. The predicted molar refractivity (Wildman–Crippen MR) is 89.7 cm³/mol. The van der Waals surface area contributed by atoms with Crippen molar-refractivity contribution < 1.29 is 0 Å². The maximum Gasteiger partial charge on any atom is 0.0328 e. The average Bonchev–Trinajstić information content (AvgIpc) is 2.46. The van der Waals surface area contributed by atoms with Gasteiger partial charge in [-0.05, 0) is 19.8 Å². The van der Waals surface area contributed by atoms with Gasteiger partial charge in [0.2, 0.25) is 0 Å². The molecule has 0 spiro atoms. The van der Waals surface area contributed by atoms with Gasteiger partial charge < -0.3 is 10.6 Å². The molecular formula is C18H36N2. The van der Waals surface area contributed by atoms with Crippen LogP contribution in [0.15, 0.2) is 11.4 Å². The van der Waals surface area contributed by atoms with E-state index in [4.69, 9.17) is 0 Å². The molecule has 1 rings (SSSR count). The van der Waals surface area contributed by atoms with Crippen molar-refractivity contribution in [3.05, 3.63) is 11.4 Å². The summed E-state index contributed by atoms with van der Waals surface area (Å²) in [5.41, 5.74) is 2.89. The first kappa shape index (κ1) is 17.4. The molecule has 0 aromatic carbocycles. The molecule has 0 aromatic rings. The molecule has 2 heteroatoms. The van der Waals surface area contributed by atoms with Crippen LogP contribution in [0.2, 0.25) is 0 Å². The fraction of sp³-hybridized carbons (Fsp3) is 0.889. The second-order valence-electron chi connectivity index (χ2n) is 6.29. The Balaban J connectivity index is 2.25. The highest BCUT2D eigenvalue weighted by Gasteiger charge is 2.18. The van der Waals surface area contributed by atoms with E-state index in [0.717, 1.165) is 19.0 Å². The summed E-state index contributed by atoms with van der Waals surface area (Å²) in [6, 6.07) is 0. The van der Waals surface area contributed by atoms with E-state index in [9.17, 15) is 0 Å². The highest BCUT2D eigenvalue weighted by Crippen LogP contribution is 2.25. The zero-order valence-corrected chi connectivity index (χ0v) is 14.1. The van der Waals surface area contributed by atoms with Crippen LogP contribution >= 0.6 is 0 Å². The largest absolute Gasteiger partial charge is 0.385 e. The Bertz CT molecular complexity index is 271. The molecule has 1 atom stereocenters. The SMILES string of the molecule is CCCCCCCCCC(CCC)C1=C(C)NCCN1. The highest BCUT2D eigenvalue weighted by molar-refractivity contribution is 5.15. The van der Waals surface area contributed by atoms with Gasteiger partial charge in [-0.3, -0.25) is 0 Å². The number of allylic oxidation sites excluding steroid dienone is 2. The van der Waals surface area contributed by atoms with Crippen molar-refractivity contribution in [1.29, 1.82) is 0 Å². The van der Waals surface area contributed by atoms with Gasteiger partial charge in [0.1, 0.15) is 0 Å². The molecule has 1 unspecified atom stereocenters. The van der Waals surface area contributed by atoms with Crippen molar-refractivity contribution in [1.82, 2.24) is 10.6 Å². The van der Waals surface area contributed by atoms with E-state index in [1.165, 1.54) is 75.6 Å². The molecule has 0 bridgehead atoms. The van der Waals surface area contributed by atoms with Crippen LogP contribution in [0.5, 0.6) is 0 Å². The normalized spacial score (nSPS) is 16.8. The lowest BCUT2D eigenvalue weighted by Crippen LogP contribution is -2.37. The summed E-state index contributed by atoms with van der Waals surface area (Å²) in [6.45, 7) is 8.99. The molecule has 0 saturated heterocycles. The molecule has 2 N–H and O–H groups in total. The minimum atomic E-state index is 0.753. The molecule has 0 fully saturated rings. The standard InChI is InChI=1S/C18H36N2/c1-4-6-7-8-9-10-11-13-17(12-5-2)18-16(3)19-14-15-20-18/h17,19-20H,4-15H2,1-3H3. The summed E-state index contributed by atoms with van der Waals surface area (Å²) in [6.07, 6.45) is 13.9. The molecule has 0 aliphatic carbocycles. The van der Waals surface area contributed by atoms with Gasteiger partial charge in [-0.15, -0.1) is 0 Å². The lowest BCUT2D eigenvalue weighted by molar-refractivity contribution is 0.430. The molecule has 0 amide bonds. The Labute approximate surface area is 126 Å². The number of nitrogens with one attached hydrogen (secondary N) is 2. The second kappa shape index (κ2) is 11.0. The van der Waals surface area contributed by atoms with E-state index in [0.29, 0.717) is 0 Å². The van der Waals surface area contributed by atoms with Gasteiger partial charge in [-0.1, -0.05) is 65.2 Å². The molecule has 0 aromatic heterocycles. The summed E-state index contributed by atoms with van der Waals surface area (Å²) in [5.74, 6) is 0.753. The topological polar surface area (TPSA) is 24.1 Å². The molecule has 0 saturated carbocycles. The number of hydrogen-bond donors (Lipinski definition) is 2. The molecular weight excluding hydrogens is 244 g/mol. The maximum atomic E-state index is 3.64. The smallest absolute Gasteiger partial charge is 0.0328 e. The van der Waals surface area contributed by atoms with E-state index >= 15 is 0 Å². The Morgan fingerprint density at radius 3 is 2.10 bits per heavy atom. The zero-order chi connectivity index (χ0) is 14.6. The molecule has 0 radical (unpaired) electrons. The minimum absolute atomic E-state index is 0.753. The third kappa shape index (κ3) is 6.67. The van der Waals surface area contributed by atoms with Gasteiger partial charge >= 0.3 is 0 Å². The monoisotopic (exact) mass is 280 g/mol. The van der Waals surface area contributed by atoms with Crippen LogP contribution < -0.4 is 10.6 Å². The number of hydrogen-bond acceptors (Lipinski definition) is 2. The van der Waals surface area contributed by atoms with Gasteiger partial charge in [-0.25, -0.2) is 0 Å². The summed E-state index contributed by atoms with van der Waals surface area (Å²) in [5, 5.41) is 7.15. The molecule has 20 heavy (non-hydrogen) atoms. The predicted octanol–water partition coefficient (Wildman–Crippen LogP) is 4.97. The summed E-state index contributed by atoms with van der Waals surface area (Å²) in [7, 11) is 0. The van der Waals surface area contributed by atoms with Crippen LogP contribution in [-0.4, -0.2) is 13.1 Å². The third-order valence-electron chi connectivity index (χ3n) is 4.44. The summed E-state index contributed by atoms with van der Waals surface area (Å²) < 4.78 is 0. The summed E-state index contributed by atoms with van der Waals surface area (Å²) >= 11 is 0. The van der Waals surface area contributed by atoms with Crippen molar-refractivity contribution in [3.8, 4) is 0 Å². The van der Waals surface area contributed by atoms with Crippen molar-refractivity contribution in [2.75, 3.05) is 13.1 Å². The maximum absolute atomic E-state index is 3.64. The zero-order valence-electron chi connectivity index (χ0n) is 14.1. The average molecular weight is 280 g/mol. The van der Waals surface area contributed by atoms with Gasteiger partial charge in [0.25, 0.3) is 0 Å². The van der Waals surface area contributed by atoms with E-state index in [-0.39, 0.29) is 0 Å². The first-order valence-electron chi connectivity index (χ1n) is 8.98. The molecule has 2 nitrogen and oxygen atoms in total. The number of unbranched alkanes of at least 4 members (excludes halogenated alkanes) is 6. The lowest BCUT2D eigenvalue weighted by Gasteiger charge is -2.28. The fourth-order valence-electron chi connectivity index (χ4n) is 3.25. The fourth-order valence-corrected chi connectivity index (χ4v) is 3.25. The highest BCUT2D eigenvalue weighted by atomic mass is 15.0. The molecule has 1 heterocycles. The Morgan fingerprint density at radius 2 is 1.45 bits per heavy atom. The van der Waals surface area contributed by atoms with Gasteiger partial charge in [0.05, 0.1) is 0 Å². The Hall–Kier alpha value is -0.660. The van der Waals surface area contributed by atoms with E-state index in [1.807, 2.05) is 0 Å². The second-order valence-corrected chi connectivity index (χ2v) is 6.29. The summed E-state index contributed by atoms with van der Waals surface area (Å²) in [4.78, 5) is 0. The van der Waals surface area contributed by atoms with E-state index in [1.54, 1.807) is 0 Å². The molecule has 1 aliphatic heterocycles. The Morgan fingerprint density at radius 1 is 0.800 bits per heavy atom. The van der Waals surface area contributed by atoms with Gasteiger partial charge in [0.15, 0.2) is 0 Å². The van der Waals surface area contributed by atoms with Crippen LogP contribution in [0.25, 0.3) is 0 Å². The Kier molecular flexibility index (Phi) is 9.61. The van der Waals surface area contributed by atoms with Gasteiger partial charge in [-0.2, -0.15) is 0 Å². The molecule has 1 aliphatic rings. The van der Waals surface area contributed by atoms with Crippen molar-refractivity contribution in [2.45, 2.75) is 85.0 Å². The van der Waals surface area contributed by atoms with Crippen molar-refractivity contribution >= 4 is 0 Å². The number of rotatable bonds is 11. The van der Waals surface area contributed by atoms with Crippen LogP contribution in [0.1, 0.15) is 85.0 Å². The minimum Gasteiger partial charge on any atom is -0.385 e. The van der Waals surface area contributed by atoms with E-state index in [2.05, 4.69) is 31.4 Å². The van der Waals surface area contributed by atoms with Crippen LogP contribution in [0, 0.1) is 5.92 Å². The first-order chi connectivity index (χ1) is 9.79. The molecule has 118 valence electrons. The first-order valence-corrected chi connectivity index (χ1v) is 8.98. The van der Waals surface area contributed by atoms with Crippen LogP contribution in [0.4, 0.5) is 0 Å². The van der Waals surface area contributed by atoms with Crippen LogP contribution in [0.3, 0.4) is 0 Å². The lowest BCUT2D eigenvalue weighted by atomic mass is 9.91. The quantitative estimate of drug-likeness (QED) is 0.522. The van der Waals surface area contributed by atoms with Gasteiger partial charge in [0, 0.05) is 30.4 Å². The van der Waals surface area contributed by atoms with Crippen LogP contribution in [-0.2, 0) is 0 Å². The van der Waals surface area contributed by atoms with Crippen molar-refractivity contribution in [2.24, 2.45) is 5.92 Å². The van der Waals surface area contributed by atoms with Crippen molar-refractivity contribution in [3.63, 3.8) is 0 Å². The van der Waals surface area contributed by atoms with E-state index < -0.39 is 0 Å².